The van der Waals surface area contributed by atoms with Gasteiger partial charge in [0.2, 0.25) is 0 Å². The Morgan fingerprint density at radius 3 is 2.29 bits per heavy atom. The van der Waals surface area contributed by atoms with E-state index in [0.29, 0.717) is 5.71 Å². The normalized spacial score (nSPS) is 13.4. The highest BCUT2D eigenvalue weighted by Crippen LogP contribution is 2.29. The van der Waals surface area contributed by atoms with Crippen molar-refractivity contribution < 1.29 is 0 Å². The fourth-order valence-electron chi connectivity index (χ4n) is 2.37. The van der Waals surface area contributed by atoms with Crippen molar-refractivity contribution in [3.63, 3.8) is 0 Å². The predicted octanol–water partition coefficient (Wildman–Crippen LogP) is 5.31. The van der Waals surface area contributed by atoms with Gasteiger partial charge in [0.25, 0.3) is 0 Å². The van der Waals surface area contributed by atoms with E-state index in [-0.39, 0.29) is 5.92 Å². The Labute approximate surface area is 133 Å². The van der Waals surface area contributed by atoms with E-state index in [0.717, 1.165) is 40.4 Å². The molecular weight excluding hydrogens is 280 g/mol. The SMILES string of the molecule is C=C(C)/C(NCCC)=C(/C(C)=N)C(C)c1ccc(Cl)cc1. The summed E-state index contributed by atoms with van der Waals surface area (Å²) in [5.74, 6) is 0.121. The highest BCUT2D eigenvalue weighted by atomic mass is 35.5. The average Bonchev–Trinajstić information content (AvgIpc) is 2.42. The summed E-state index contributed by atoms with van der Waals surface area (Å²) < 4.78 is 0. The molecule has 0 fully saturated rings. The van der Waals surface area contributed by atoms with Gasteiger partial charge in [-0.3, -0.25) is 0 Å². The monoisotopic (exact) mass is 304 g/mol. The van der Waals surface area contributed by atoms with E-state index < -0.39 is 0 Å². The molecule has 3 heteroatoms. The van der Waals surface area contributed by atoms with Crippen LogP contribution in [-0.4, -0.2) is 12.3 Å². The minimum atomic E-state index is 0.121. The van der Waals surface area contributed by atoms with Crippen LogP contribution in [-0.2, 0) is 0 Å². The summed E-state index contributed by atoms with van der Waals surface area (Å²) >= 11 is 5.96. The molecule has 0 heterocycles. The molecule has 114 valence electrons. The Bertz CT molecular complexity index is 541. The number of rotatable bonds is 7. The molecule has 1 aromatic carbocycles. The summed E-state index contributed by atoms with van der Waals surface area (Å²) in [5, 5.41) is 12.3. The average molecular weight is 305 g/mol. The predicted molar refractivity (Wildman–Crippen MR) is 93.4 cm³/mol. The van der Waals surface area contributed by atoms with E-state index in [1.165, 1.54) is 0 Å². The fraction of sp³-hybridized carbons (Fsp3) is 0.389. The number of allylic oxidation sites excluding steroid dienone is 2. The second kappa shape index (κ2) is 8.04. The van der Waals surface area contributed by atoms with Gasteiger partial charge in [-0.25, -0.2) is 0 Å². The molecule has 0 aliphatic heterocycles. The smallest absolute Gasteiger partial charge is 0.0420 e. The van der Waals surface area contributed by atoms with E-state index in [4.69, 9.17) is 17.0 Å². The highest BCUT2D eigenvalue weighted by molar-refractivity contribution is 6.30. The molecule has 0 saturated heterocycles. The molecule has 2 N–H and O–H groups in total. The largest absolute Gasteiger partial charge is 0.385 e. The summed E-state index contributed by atoms with van der Waals surface area (Å²) in [4.78, 5) is 0. The molecule has 0 saturated carbocycles. The minimum Gasteiger partial charge on any atom is -0.385 e. The molecule has 0 radical (unpaired) electrons. The first-order chi connectivity index (χ1) is 9.88. The van der Waals surface area contributed by atoms with Gasteiger partial charge in [-0.1, -0.05) is 44.2 Å². The van der Waals surface area contributed by atoms with Crippen molar-refractivity contribution in [1.29, 1.82) is 5.41 Å². The summed E-state index contributed by atoms with van der Waals surface area (Å²) in [6.45, 7) is 13.0. The van der Waals surface area contributed by atoms with Gasteiger partial charge in [0.1, 0.15) is 0 Å². The lowest BCUT2D eigenvalue weighted by atomic mass is 9.87. The van der Waals surface area contributed by atoms with Crippen molar-refractivity contribution in [1.82, 2.24) is 5.32 Å². The maximum atomic E-state index is 8.17. The van der Waals surface area contributed by atoms with Crippen molar-refractivity contribution >= 4 is 17.3 Å². The van der Waals surface area contributed by atoms with Crippen LogP contribution in [0.5, 0.6) is 0 Å². The second-order valence-electron chi connectivity index (χ2n) is 5.39. The standard InChI is InChI=1S/C18H25ClN2/c1-6-11-21-18(12(2)3)17(14(5)20)13(4)15-7-9-16(19)10-8-15/h7-10,13,20-21H,2,6,11H2,1,3-5H3/b18-17-,20-14?. The van der Waals surface area contributed by atoms with Crippen LogP contribution in [0.4, 0.5) is 0 Å². The molecule has 1 atom stereocenters. The summed E-state index contributed by atoms with van der Waals surface area (Å²) in [5.41, 5.74) is 4.67. The topological polar surface area (TPSA) is 35.9 Å². The first-order valence-corrected chi connectivity index (χ1v) is 7.71. The van der Waals surface area contributed by atoms with Crippen molar-refractivity contribution in [2.45, 2.75) is 40.0 Å². The van der Waals surface area contributed by atoms with Gasteiger partial charge in [0.15, 0.2) is 0 Å². The van der Waals surface area contributed by atoms with Gasteiger partial charge in [-0.15, -0.1) is 0 Å². The molecule has 0 bridgehead atoms. The lowest BCUT2D eigenvalue weighted by Gasteiger charge is -2.22. The van der Waals surface area contributed by atoms with Gasteiger partial charge in [0.05, 0.1) is 0 Å². The van der Waals surface area contributed by atoms with Crippen LogP contribution in [0.25, 0.3) is 0 Å². The zero-order valence-corrected chi connectivity index (χ0v) is 14.1. The summed E-state index contributed by atoms with van der Waals surface area (Å²) in [6.07, 6.45) is 1.04. The van der Waals surface area contributed by atoms with E-state index in [1.54, 1.807) is 0 Å². The van der Waals surface area contributed by atoms with Gasteiger partial charge in [0, 0.05) is 34.5 Å². The van der Waals surface area contributed by atoms with Crippen LogP contribution in [0.3, 0.4) is 0 Å². The Kier molecular flexibility index (Phi) is 6.70. The lowest BCUT2D eigenvalue weighted by molar-refractivity contribution is 0.757. The third-order valence-corrected chi connectivity index (χ3v) is 3.71. The van der Waals surface area contributed by atoms with Gasteiger partial charge in [-0.05, 0) is 43.5 Å². The Balaban J connectivity index is 3.28. The summed E-state index contributed by atoms with van der Waals surface area (Å²) in [6, 6.07) is 7.83. The molecule has 1 unspecified atom stereocenters. The number of hydrogen-bond donors (Lipinski definition) is 2. The van der Waals surface area contributed by atoms with E-state index in [9.17, 15) is 0 Å². The Morgan fingerprint density at radius 2 is 1.86 bits per heavy atom. The Hall–Kier alpha value is -1.54. The minimum absolute atomic E-state index is 0.121. The first kappa shape index (κ1) is 17.5. The van der Waals surface area contributed by atoms with E-state index >= 15 is 0 Å². The van der Waals surface area contributed by atoms with E-state index in [2.05, 4.69) is 25.7 Å². The van der Waals surface area contributed by atoms with Crippen LogP contribution in [0.1, 0.15) is 45.6 Å². The second-order valence-corrected chi connectivity index (χ2v) is 5.83. The van der Waals surface area contributed by atoms with Crippen LogP contribution in [0.2, 0.25) is 5.02 Å². The molecule has 0 aromatic heterocycles. The fourth-order valence-corrected chi connectivity index (χ4v) is 2.50. The maximum absolute atomic E-state index is 8.17. The van der Waals surface area contributed by atoms with Crippen molar-refractivity contribution in [2.24, 2.45) is 0 Å². The van der Waals surface area contributed by atoms with Gasteiger partial charge in [-0.2, -0.15) is 0 Å². The van der Waals surface area contributed by atoms with Crippen molar-refractivity contribution in [3.8, 4) is 0 Å². The molecule has 0 aliphatic carbocycles. The first-order valence-electron chi connectivity index (χ1n) is 7.33. The molecule has 0 amide bonds. The third-order valence-electron chi connectivity index (χ3n) is 3.45. The van der Waals surface area contributed by atoms with Gasteiger partial charge < -0.3 is 10.7 Å². The summed E-state index contributed by atoms with van der Waals surface area (Å²) in [7, 11) is 0. The maximum Gasteiger partial charge on any atom is 0.0420 e. The highest BCUT2D eigenvalue weighted by Gasteiger charge is 2.18. The van der Waals surface area contributed by atoms with Gasteiger partial charge >= 0.3 is 0 Å². The molecular formula is C18H25ClN2. The van der Waals surface area contributed by atoms with Crippen LogP contribution in [0, 0.1) is 5.41 Å². The van der Waals surface area contributed by atoms with Crippen molar-refractivity contribution in [2.75, 3.05) is 6.54 Å². The molecule has 0 aliphatic rings. The van der Waals surface area contributed by atoms with Crippen molar-refractivity contribution in [3.05, 3.63) is 58.3 Å². The van der Waals surface area contributed by atoms with Crippen LogP contribution < -0.4 is 5.32 Å². The number of nitrogens with one attached hydrogen (secondary N) is 2. The molecule has 21 heavy (non-hydrogen) atoms. The zero-order chi connectivity index (χ0) is 16.0. The number of benzene rings is 1. The molecule has 0 spiro atoms. The number of hydrogen-bond acceptors (Lipinski definition) is 2. The Morgan fingerprint density at radius 1 is 1.29 bits per heavy atom. The lowest BCUT2D eigenvalue weighted by Crippen LogP contribution is -2.21. The molecule has 1 rings (SSSR count). The quantitative estimate of drug-likeness (QED) is 0.519. The molecule has 1 aromatic rings. The third kappa shape index (κ3) is 4.75. The zero-order valence-electron chi connectivity index (χ0n) is 13.4. The van der Waals surface area contributed by atoms with E-state index in [1.807, 2.05) is 38.1 Å². The van der Waals surface area contributed by atoms with Crippen LogP contribution >= 0.6 is 11.6 Å². The van der Waals surface area contributed by atoms with Crippen LogP contribution in [0.15, 0.2) is 47.7 Å². The number of halogens is 1. The molecule has 2 nitrogen and oxygen atoms in total.